The van der Waals surface area contributed by atoms with Crippen LogP contribution in [-0.2, 0) is 30.8 Å². The Morgan fingerprint density at radius 1 is 1.24 bits per heavy atom. The van der Waals surface area contributed by atoms with Gasteiger partial charge in [0.1, 0.15) is 11.3 Å². The highest BCUT2D eigenvalue weighted by Gasteiger charge is 2.25. The van der Waals surface area contributed by atoms with Gasteiger partial charge in [-0.05, 0) is 37.0 Å². The minimum absolute atomic E-state index is 0.0245. The number of aromatic carboxylic acids is 1. The minimum Gasteiger partial charge on any atom is -0.478 e. The van der Waals surface area contributed by atoms with E-state index >= 15 is 0 Å². The van der Waals surface area contributed by atoms with Gasteiger partial charge in [0.25, 0.3) is 0 Å². The Morgan fingerprint density at radius 2 is 2.12 bits per heavy atom. The standard InChI is InChI=1S/C24H29N5O4/c1-2-3-11-33-22-7-4-16-8-10-28(14-20(16)26-22)15-21-25-18-5-6-19(24(30)31)27-23(18)29(21)13-17-9-12-32-17/h4-7,17H,2-3,8-15H2,1H3,(H,30,31)/t17-/m0/s1. The third-order valence-electron chi connectivity index (χ3n) is 6.30. The van der Waals surface area contributed by atoms with Crippen LogP contribution < -0.4 is 4.74 Å². The van der Waals surface area contributed by atoms with Crippen LogP contribution in [0.25, 0.3) is 11.2 Å². The fourth-order valence-electron chi connectivity index (χ4n) is 4.29. The first-order valence-corrected chi connectivity index (χ1v) is 11.7. The monoisotopic (exact) mass is 451 g/mol. The van der Waals surface area contributed by atoms with Crippen molar-refractivity contribution < 1.29 is 19.4 Å². The van der Waals surface area contributed by atoms with Crippen molar-refractivity contribution in [1.29, 1.82) is 0 Å². The summed E-state index contributed by atoms with van der Waals surface area (Å²) < 4.78 is 13.5. The molecule has 5 rings (SSSR count). The van der Waals surface area contributed by atoms with Crippen LogP contribution in [0.5, 0.6) is 5.88 Å². The van der Waals surface area contributed by atoms with Gasteiger partial charge in [-0.2, -0.15) is 0 Å². The van der Waals surface area contributed by atoms with Crippen molar-refractivity contribution in [2.75, 3.05) is 19.8 Å². The predicted octanol–water partition coefficient (Wildman–Crippen LogP) is 3.05. The van der Waals surface area contributed by atoms with Crippen molar-refractivity contribution in [2.24, 2.45) is 0 Å². The summed E-state index contributed by atoms with van der Waals surface area (Å²) in [6.07, 6.45) is 4.13. The van der Waals surface area contributed by atoms with E-state index in [0.717, 1.165) is 56.9 Å². The summed E-state index contributed by atoms with van der Waals surface area (Å²) in [6.45, 7) is 6.47. The number of carboxylic acids is 1. The molecule has 0 saturated carbocycles. The second-order valence-electron chi connectivity index (χ2n) is 8.68. The first kappa shape index (κ1) is 21.8. The summed E-state index contributed by atoms with van der Waals surface area (Å²) in [6, 6.07) is 7.34. The van der Waals surface area contributed by atoms with Gasteiger partial charge >= 0.3 is 5.97 Å². The molecule has 0 bridgehead atoms. The summed E-state index contributed by atoms with van der Waals surface area (Å²) in [5.74, 6) is 0.514. The Kier molecular flexibility index (Phi) is 6.24. The number of carbonyl (C=O) groups is 1. The zero-order valence-electron chi connectivity index (χ0n) is 18.9. The fraction of sp³-hybridized carbons (Fsp3) is 0.500. The van der Waals surface area contributed by atoms with E-state index < -0.39 is 5.97 Å². The predicted molar refractivity (Wildman–Crippen MR) is 121 cm³/mol. The second kappa shape index (κ2) is 9.44. The molecule has 0 radical (unpaired) electrons. The Bertz CT molecular complexity index is 1160. The lowest BCUT2D eigenvalue weighted by Crippen LogP contribution is -2.34. The van der Waals surface area contributed by atoms with Crippen molar-refractivity contribution in [2.45, 2.75) is 58.3 Å². The van der Waals surface area contributed by atoms with E-state index in [1.54, 1.807) is 6.07 Å². The number of pyridine rings is 2. The molecule has 0 aliphatic carbocycles. The maximum Gasteiger partial charge on any atom is 0.354 e. The molecule has 9 heteroatoms. The Balaban J connectivity index is 1.38. The summed E-state index contributed by atoms with van der Waals surface area (Å²) in [4.78, 5) is 27.7. The number of rotatable bonds is 9. The molecule has 2 aliphatic rings. The van der Waals surface area contributed by atoms with Gasteiger partial charge in [0.05, 0.1) is 31.5 Å². The Hall–Kier alpha value is -3.04. The maximum atomic E-state index is 11.5. The summed E-state index contributed by atoms with van der Waals surface area (Å²) in [5.41, 5.74) is 3.64. The van der Waals surface area contributed by atoms with E-state index in [4.69, 9.17) is 19.4 Å². The fourth-order valence-corrected chi connectivity index (χ4v) is 4.29. The summed E-state index contributed by atoms with van der Waals surface area (Å²) in [5, 5.41) is 9.38. The van der Waals surface area contributed by atoms with Crippen LogP contribution in [-0.4, -0.2) is 61.4 Å². The van der Waals surface area contributed by atoms with Crippen LogP contribution in [0.3, 0.4) is 0 Å². The second-order valence-corrected chi connectivity index (χ2v) is 8.68. The van der Waals surface area contributed by atoms with Crippen molar-refractivity contribution in [3.8, 4) is 5.88 Å². The lowest BCUT2D eigenvalue weighted by Gasteiger charge is -2.30. The highest BCUT2D eigenvalue weighted by atomic mass is 16.5. The number of hydrogen-bond donors (Lipinski definition) is 1. The van der Waals surface area contributed by atoms with Crippen LogP contribution in [0, 0.1) is 0 Å². The van der Waals surface area contributed by atoms with Crippen LogP contribution >= 0.6 is 0 Å². The highest BCUT2D eigenvalue weighted by Crippen LogP contribution is 2.25. The quantitative estimate of drug-likeness (QED) is 0.495. The number of hydrogen-bond acceptors (Lipinski definition) is 7. The number of fused-ring (bicyclic) bond motifs is 2. The summed E-state index contributed by atoms with van der Waals surface area (Å²) in [7, 11) is 0. The van der Waals surface area contributed by atoms with Crippen molar-refractivity contribution in [3.63, 3.8) is 0 Å². The normalized spacial score (nSPS) is 18.2. The van der Waals surface area contributed by atoms with Gasteiger partial charge in [0.15, 0.2) is 11.3 Å². The molecule has 9 nitrogen and oxygen atoms in total. The first-order chi connectivity index (χ1) is 16.1. The molecule has 2 aliphatic heterocycles. The van der Waals surface area contributed by atoms with E-state index in [0.29, 0.717) is 36.7 Å². The number of ether oxygens (including phenoxy) is 2. The van der Waals surface area contributed by atoms with Gasteiger partial charge in [0.2, 0.25) is 5.88 Å². The molecule has 1 saturated heterocycles. The van der Waals surface area contributed by atoms with E-state index in [2.05, 4.69) is 22.9 Å². The van der Waals surface area contributed by atoms with Crippen molar-refractivity contribution in [1.82, 2.24) is 24.4 Å². The average molecular weight is 452 g/mol. The molecule has 0 amide bonds. The maximum absolute atomic E-state index is 11.5. The first-order valence-electron chi connectivity index (χ1n) is 11.7. The van der Waals surface area contributed by atoms with Crippen LogP contribution in [0.2, 0.25) is 0 Å². The van der Waals surface area contributed by atoms with Gasteiger partial charge in [-0.3, -0.25) is 4.90 Å². The molecule has 1 N–H and O–H groups in total. The molecule has 0 aromatic carbocycles. The van der Waals surface area contributed by atoms with Gasteiger partial charge in [0, 0.05) is 25.8 Å². The van der Waals surface area contributed by atoms with E-state index in [9.17, 15) is 9.90 Å². The van der Waals surface area contributed by atoms with Gasteiger partial charge < -0.3 is 19.1 Å². The molecule has 0 unspecified atom stereocenters. The lowest BCUT2D eigenvalue weighted by molar-refractivity contribution is -0.0592. The van der Waals surface area contributed by atoms with Crippen LogP contribution in [0.15, 0.2) is 24.3 Å². The van der Waals surface area contributed by atoms with Gasteiger partial charge in [-0.25, -0.2) is 19.7 Å². The van der Waals surface area contributed by atoms with Gasteiger partial charge in [-0.1, -0.05) is 19.4 Å². The molecule has 1 fully saturated rings. The van der Waals surface area contributed by atoms with Crippen LogP contribution in [0.4, 0.5) is 0 Å². The molecule has 174 valence electrons. The molecular weight excluding hydrogens is 422 g/mol. The molecule has 3 aromatic heterocycles. The number of imidazole rings is 1. The van der Waals surface area contributed by atoms with Crippen LogP contribution in [0.1, 0.15) is 53.8 Å². The lowest BCUT2D eigenvalue weighted by atomic mass is 10.1. The third-order valence-corrected chi connectivity index (χ3v) is 6.30. The zero-order valence-corrected chi connectivity index (χ0v) is 18.9. The number of carboxylic acid groups (broad SMARTS) is 1. The van der Waals surface area contributed by atoms with Gasteiger partial charge in [-0.15, -0.1) is 0 Å². The third kappa shape index (κ3) is 4.69. The molecule has 1 atom stereocenters. The largest absolute Gasteiger partial charge is 0.478 e. The van der Waals surface area contributed by atoms with E-state index in [-0.39, 0.29) is 11.8 Å². The van der Waals surface area contributed by atoms with E-state index in [1.165, 1.54) is 11.6 Å². The smallest absolute Gasteiger partial charge is 0.354 e. The van der Waals surface area contributed by atoms with Crippen molar-refractivity contribution in [3.05, 3.63) is 47.0 Å². The topological polar surface area (TPSA) is 103 Å². The number of aromatic nitrogens is 4. The molecule has 3 aromatic rings. The number of unbranched alkanes of at least 4 members (excludes halogenated alkanes) is 1. The van der Waals surface area contributed by atoms with Crippen molar-refractivity contribution >= 4 is 17.1 Å². The average Bonchev–Trinajstić information content (AvgIpc) is 3.12. The number of nitrogens with zero attached hydrogens (tertiary/aromatic N) is 5. The highest BCUT2D eigenvalue weighted by molar-refractivity contribution is 5.88. The zero-order chi connectivity index (χ0) is 22.8. The molecular formula is C24H29N5O4. The Labute approximate surface area is 192 Å². The van der Waals surface area contributed by atoms with E-state index in [1.807, 2.05) is 10.6 Å². The Morgan fingerprint density at radius 3 is 2.88 bits per heavy atom. The molecule has 5 heterocycles. The molecule has 0 spiro atoms. The SMILES string of the molecule is CCCCOc1ccc2c(n1)CN(Cc1nc3ccc(C(=O)O)nc3n1C[C@@H]1CCO1)CC2. The molecule has 33 heavy (non-hydrogen) atoms. The minimum atomic E-state index is -1.04. The summed E-state index contributed by atoms with van der Waals surface area (Å²) >= 11 is 0.